The highest BCUT2D eigenvalue weighted by atomic mass is 16.8. The summed E-state index contributed by atoms with van der Waals surface area (Å²) >= 11 is 0. The summed E-state index contributed by atoms with van der Waals surface area (Å²) in [6.45, 7) is 5.43. The third-order valence-corrected chi connectivity index (χ3v) is 7.81. The lowest BCUT2D eigenvalue weighted by atomic mass is 10.1. The van der Waals surface area contributed by atoms with Gasteiger partial charge in [0.2, 0.25) is 11.8 Å². The molecular weight excluding hydrogens is 576 g/mol. The number of aromatic nitrogens is 4. The lowest BCUT2D eigenvalue weighted by molar-refractivity contribution is -0.225. The molecule has 45 heavy (non-hydrogen) atoms. The second-order valence-corrected chi connectivity index (χ2v) is 11.7. The summed E-state index contributed by atoms with van der Waals surface area (Å²) in [5.41, 5.74) is 3.66. The first-order valence-corrected chi connectivity index (χ1v) is 15.4. The summed E-state index contributed by atoms with van der Waals surface area (Å²) in [6.07, 6.45) is 9.23. The lowest BCUT2D eigenvalue weighted by Crippen LogP contribution is -2.29. The number of fused-ring (bicyclic) bond motifs is 1. The number of hydrogen-bond acceptors (Lipinski definition) is 10. The fraction of sp³-hybridized carbons (Fsp3) is 0.455. The first-order valence-electron chi connectivity index (χ1n) is 15.4. The Morgan fingerprint density at radius 3 is 2.78 bits per heavy atom. The van der Waals surface area contributed by atoms with Crippen LogP contribution in [0.4, 0.5) is 5.69 Å². The van der Waals surface area contributed by atoms with Gasteiger partial charge in [0, 0.05) is 30.9 Å². The Bertz CT molecular complexity index is 1630. The van der Waals surface area contributed by atoms with E-state index in [0.717, 1.165) is 37.1 Å². The third-order valence-electron chi connectivity index (χ3n) is 7.81. The molecule has 2 aromatic carbocycles. The van der Waals surface area contributed by atoms with E-state index in [2.05, 4.69) is 38.4 Å². The van der Waals surface area contributed by atoms with Crippen LogP contribution in [0, 0.1) is 6.92 Å². The van der Waals surface area contributed by atoms with Crippen molar-refractivity contribution in [3.63, 3.8) is 0 Å². The van der Waals surface area contributed by atoms with Crippen molar-refractivity contribution in [2.45, 2.75) is 77.7 Å². The second-order valence-electron chi connectivity index (χ2n) is 11.7. The van der Waals surface area contributed by atoms with Crippen LogP contribution in [0.15, 0.2) is 49.1 Å². The Balaban J connectivity index is 1.09. The number of amides is 1. The van der Waals surface area contributed by atoms with Crippen LogP contribution in [0.1, 0.15) is 50.2 Å². The van der Waals surface area contributed by atoms with Gasteiger partial charge in [-0.15, -0.1) is 0 Å². The maximum atomic E-state index is 12.9. The number of rotatable bonds is 13. The summed E-state index contributed by atoms with van der Waals surface area (Å²) in [5, 5.41) is 7.94. The molecule has 0 spiro atoms. The first kappa shape index (κ1) is 30.8. The van der Waals surface area contributed by atoms with E-state index in [1.165, 1.54) is 29.4 Å². The van der Waals surface area contributed by atoms with E-state index in [9.17, 15) is 4.79 Å². The van der Waals surface area contributed by atoms with Crippen molar-refractivity contribution in [3.05, 3.63) is 60.2 Å². The van der Waals surface area contributed by atoms with Crippen molar-refractivity contribution >= 4 is 22.5 Å². The maximum absolute atomic E-state index is 12.9. The molecule has 2 atom stereocenters. The van der Waals surface area contributed by atoms with Crippen LogP contribution in [0.3, 0.4) is 0 Å². The number of benzene rings is 2. The molecule has 6 rings (SSSR count). The minimum Gasteiger partial charge on any atom is -0.493 e. The standard InChI is InChI=1S/C33H40N6O6/c1-21-11-23(17-38(3)25-8-9-25)13-24(12-21)37-31(40)19-39-18-26(16-36-39)45-33-27-14-29(41-4)30(15-28(27)34-20-35-33)43-22(2)44-32-7-5-6-10-42-32/h11-16,18,20,22,25,32H,5-10,17,19H2,1-4H3,(H,37,40). The van der Waals surface area contributed by atoms with Gasteiger partial charge in [-0.1, -0.05) is 6.07 Å². The van der Waals surface area contributed by atoms with Gasteiger partial charge in [-0.25, -0.2) is 9.97 Å². The number of carbonyl (C=O) groups excluding carboxylic acids is 1. The van der Waals surface area contributed by atoms with Crippen molar-refractivity contribution < 1.29 is 28.5 Å². The smallest absolute Gasteiger partial charge is 0.246 e. The van der Waals surface area contributed by atoms with Gasteiger partial charge in [0.05, 0.1) is 30.4 Å². The molecular formula is C33H40N6O6. The molecule has 1 aliphatic carbocycles. The summed E-state index contributed by atoms with van der Waals surface area (Å²) in [5.74, 6) is 1.52. The van der Waals surface area contributed by atoms with Crippen LogP contribution >= 0.6 is 0 Å². The molecule has 2 unspecified atom stereocenters. The Morgan fingerprint density at radius 1 is 1.13 bits per heavy atom. The second kappa shape index (κ2) is 13.8. The van der Waals surface area contributed by atoms with Crippen LogP contribution in [0.25, 0.3) is 10.9 Å². The van der Waals surface area contributed by atoms with Crippen LogP contribution in [0.2, 0.25) is 0 Å². The van der Waals surface area contributed by atoms with E-state index in [4.69, 9.17) is 23.7 Å². The Labute approximate surface area is 262 Å². The first-order chi connectivity index (χ1) is 21.8. The van der Waals surface area contributed by atoms with Crippen molar-refractivity contribution in [2.75, 3.05) is 26.1 Å². The fourth-order valence-electron chi connectivity index (χ4n) is 5.51. The zero-order valence-electron chi connectivity index (χ0n) is 26.2. The third kappa shape index (κ3) is 8.07. The average Bonchev–Trinajstić information content (AvgIpc) is 3.78. The minimum absolute atomic E-state index is 0.0276. The van der Waals surface area contributed by atoms with E-state index in [1.807, 2.05) is 26.0 Å². The molecule has 12 heteroatoms. The maximum Gasteiger partial charge on any atom is 0.246 e. The number of anilines is 1. The number of nitrogens with zero attached hydrogens (tertiary/aromatic N) is 5. The molecule has 238 valence electrons. The van der Waals surface area contributed by atoms with Gasteiger partial charge in [-0.3, -0.25) is 14.4 Å². The molecule has 2 aliphatic rings. The normalized spacial score (nSPS) is 17.3. The zero-order valence-corrected chi connectivity index (χ0v) is 26.2. The zero-order chi connectivity index (χ0) is 31.3. The SMILES string of the molecule is COc1cc2c(Oc3cnn(CC(=O)Nc4cc(C)cc(CN(C)C5CC5)c4)c3)ncnc2cc1OC(C)OC1CCCCO1. The lowest BCUT2D eigenvalue weighted by Gasteiger charge is -2.26. The van der Waals surface area contributed by atoms with Gasteiger partial charge in [0.15, 0.2) is 29.8 Å². The minimum atomic E-state index is -0.554. The molecule has 4 aromatic rings. The van der Waals surface area contributed by atoms with Gasteiger partial charge in [0.25, 0.3) is 0 Å². The van der Waals surface area contributed by atoms with Crippen molar-refractivity contribution in [1.82, 2.24) is 24.6 Å². The van der Waals surface area contributed by atoms with Crippen LogP contribution in [-0.2, 0) is 27.4 Å². The van der Waals surface area contributed by atoms with E-state index >= 15 is 0 Å². The van der Waals surface area contributed by atoms with Crippen LogP contribution < -0.4 is 19.5 Å². The predicted octanol–water partition coefficient (Wildman–Crippen LogP) is 5.44. The monoisotopic (exact) mass is 616 g/mol. The summed E-state index contributed by atoms with van der Waals surface area (Å²) in [7, 11) is 3.71. The fourth-order valence-corrected chi connectivity index (χ4v) is 5.51. The molecule has 1 amide bonds. The molecule has 1 N–H and O–H groups in total. The number of carbonyl (C=O) groups is 1. The summed E-state index contributed by atoms with van der Waals surface area (Å²) in [4.78, 5) is 24.0. The summed E-state index contributed by atoms with van der Waals surface area (Å²) in [6, 6.07) is 10.4. The van der Waals surface area contributed by atoms with Gasteiger partial charge in [-0.05, 0) is 82.3 Å². The van der Waals surface area contributed by atoms with Gasteiger partial charge in [0.1, 0.15) is 12.9 Å². The Morgan fingerprint density at radius 2 is 2.00 bits per heavy atom. The highest BCUT2D eigenvalue weighted by Crippen LogP contribution is 2.37. The number of methoxy groups -OCH3 is 1. The van der Waals surface area contributed by atoms with Gasteiger partial charge in [-0.2, -0.15) is 5.10 Å². The molecule has 2 fully saturated rings. The average molecular weight is 617 g/mol. The Kier molecular flexibility index (Phi) is 9.43. The largest absolute Gasteiger partial charge is 0.493 e. The van der Waals surface area contributed by atoms with Gasteiger partial charge < -0.3 is 29.0 Å². The molecule has 12 nitrogen and oxygen atoms in total. The number of hydrogen-bond donors (Lipinski definition) is 1. The number of aryl methyl sites for hydroxylation is 1. The summed E-state index contributed by atoms with van der Waals surface area (Å²) < 4.78 is 30.8. The molecule has 1 saturated heterocycles. The molecule has 1 saturated carbocycles. The van der Waals surface area contributed by atoms with E-state index in [-0.39, 0.29) is 18.7 Å². The van der Waals surface area contributed by atoms with E-state index in [1.54, 1.807) is 31.6 Å². The molecule has 0 radical (unpaired) electrons. The Hall–Kier alpha value is -4.26. The van der Waals surface area contributed by atoms with Crippen molar-refractivity contribution in [1.29, 1.82) is 0 Å². The quantitative estimate of drug-likeness (QED) is 0.194. The number of ether oxygens (including phenoxy) is 5. The topological polar surface area (TPSA) is 122 Å². The van der Waals surface area contributed by atoms with E-state index < -0.39 is 6.29 Å². The highest BCUT2D eigenvalue weighted by Gasteiger charge is 2.26. The number of nitrogens with one attached hydrogen (secondary N) is 1. The molecule has 1 aliphatic heterocycles. The molecule has 0 bridgehead atoms. The van der Waals surface area contributed by atoms with E-state index in [0.29, 0.717) is 46.7 Å². The van der Waals surface area contributed by atoms with Gasteiger partial charge >= 0.3 is 0 Å². The van der Waals surface area contributed by atoms with Crippen molar-refractivity contribution in [3.8, 4) is 23.1 Å². The molecule has 2 aromatic heterocycles. The highest BCUT2D eigenvalue weighted by molar-refractivity contribution is 5.90. The predicted molar refractivity (Wildman–Crippen MR) is 167 cm³/mol. The van der Waals surface area contributed by atoms with Crippen LogP contribution in [0.5, 0.6) is 23.1 Å². The molecule has 3 heterocycles. The van der Waals surface area contributed by atoms with Crippen molar-refractivity contribution in [2.24, 2.45) is 0 Å². The van der Waals surface area contributed by atoms with Crippen LogP contribution in [-0.4, -0.2) is 69.9 Å².